The van der Waals surface area contributed by atoms with Gasteiger partial charge in [-0.15, -0.1) is 0 Å². The average molecular weight is 544 g/mol. The third kappa shape index (κ3) is 4.63. The number of esters is 1. The first kappa shape index (κ1) is 27.1. The summed E-state index contributed by atoms with van der Waals surface area (Å²) in [7, 11) is -1.09. The molecule has 0 aromatic heterocycles. The molecule has 9 heteroatoms. The van der Waals surface area contributed by atoms with Crippen LogP contribution in [0.25, 0.3) is 11.1 Å². The molecule has 2 aliphatic heterocycles. The Labute approximate surface area is 225 Å². The number of benzene rings is 2. The molecule has 0 spiro atoms. The van der Waals surface area contributed by atoms with Gasteiger partial charge in [-0.05, 0) is 73.9 Å². The Morgan fingerprint density at radius 3 is 2.24 bits per heavy atom. The molecule has 5 rings (SSSR count). The topological polar surface area (TPSA) is 91.4 Å². The van der Waals surface area contributed by atoms with Gasteiger partial charge < -0.3 is 18.9 Å². The number of hydrogen-bond acceptors (Lipinski definition) is 7. The summed E-state index contributed by atoms with van der Waals surface area (Å²) in [5.41, 5.74) is 4.61. The van der Waals surface area contributed by atoms with Crippen molar-refractivity contribution in [3.63, 3.8) is 0 Å². The molecule has 0 N–H and O–H groups in total. The van der Waals surface area contributed by atoms with Gasteiger partial charge in [0.25, 0.3) is 0 Å². The number of nitrogens with zero attached hydrogens (tertiary/aromatic N) is 1. The first-order chi connectivity index (χ1) is 18.0. The van der Waals surface area contributed by atoms with Crippen molar-refractivity contribution in [3.05, 3.63) is 53.6 Å². The van der Waals surface area contributed by atoms with Crippen molar-refractivity contribution in [1.82, 2.24) is 4.31 Å². The maximum Gasteiger partial charge on any atom is 0.328 e. The summed E-state index contributed by atoms with van der Waals surface area (Å²) in [6.07, 6.45) is 0.537. The molecule has 2 heterocycles. The van der Waals surface area contributed by atoms with Crippen molar-refractivity contribution in [1.29, 1.82) is 0 Å². The zero-order valence-corrected chi connectivity index (χ0v) is 23.5. The summed E-state index contributed by atoms with van der Waals surface area (Å²) in [4.78, 5) is 13.0. The van der Waals surface area contributed by atoms with Gasteiger partial charge in [-0.25, -0.2) is 12.7 Å². The second kappa shape index (κ2) is 9.93. The number of ether oxygens (including phenoxy) is 4. The molecule has 0 radical (unpaired) electrons. The van der Waals surface area contributed by atoms with Crippen LogP contribution in [-0.4, -0.2) is 68.7 Å². The third-order valence-corrected chi connectivity index (χ3v) is 10.8. The standard InChI is InChI=1S/C29H37NO7S/c1-19-15-21(9-10-24(19)22-7-6-8-23(16-22)34-4)20-11-13-30(14-12-20)38(32,33)29(27(31)35-5)17-25-26(18-29)37-28(2,3)36-25/h6-10,15-16,20,25-26H,11-14,17-18H2,1-5H3/t25-,26+,29+. The molecule has 0 unspecified atom stereocenters. The summed E-state index contributed by atoms with van der Waals surface area (Å²) in [5.74, 6) is -0.469. The van der Waals surface area contributed by atoms with Crippen molar-refractivity contribution < 1.29 is 32.2 Å². The molecule has 3 atom stereocenters. The van der Waals surface area contributed by atoms with E-state index in [1.54, 1.807) is 21.0 Å². The van der Waals surface area contributed by atoms with E-state index in [0.29, 0.717) is 25.9 Å². The maximum absolute atomic E-state index is 14.0. The predicted octanol–water partition coefficient (Wildman–Crippen LogP) is 4.41. The lowest BCUT2D eigenvalue weighted by Gasteiger charge is -2.37. The van der Waals surface area contributed by atoms with Crippen LogP contribution in [-0.2, 0) is 29.0 Å². The minimum atomic E-state index is -3.99. The fraction of sp³-hybridized carbons (Fsp3) is 0.552. The van der Waals surface area contributed by atoms with Gasteiger partial charge in [0.2, 0.25) is 10.0 Å². The number of fused-ring (bicyclic) bond motifs is 1. The predicted molar refractivity (Wildman–Crippen MR) is 143 cm³/mol. The highest BCUT2D eigenvalue weighted by molar-refractivity contribution is 7.91. The highest BCUT2D eigenvalue weighted by atomic mass is 32.2. The largest absolute Gasteiger partial charge is 0.497 e. The molecule has 2 aromatic rings. The smallest absolute Gasteiger partial charge is 0.328 e. The Kier molecular flexibility index (Phi) is 7.09. The van der Waals surface area contributed by atoms with E-state index in [9.17, 15) is 13.2 Å². The fourth-order valence-electron chi connectivity index (χ4n) is 6.39. The monoisotopic (exact) mass is 543 g/mol. The maximum atomic E-state index is 14.0. The number of sulfonamides is 1. The molecule has 2 saturated heterocycles. The van der Waals surface area contributed by atoms with Crippen molar-refractivity contribution in [2.75, 3.05) is 27.3 Å². The molecule has 0 amide bonds. The molecule has 38 heavy (non-hydrogen) atoms. The molecule has 3 aliphatic rings. The third-order valence-electron chi connectivity index (χ3n) is 8.29. The number of carbonyl (C=O) groups excluding carboxylic acids is 1. The lowest BCUT2D eigenvalue weighted by molar-refractivity contribution is -0.160. The van der Waals surface area contributed by atoms with E-state index >= 15 is 0 Å². The zero-order valence-electron chi connectivity index (χ0n) is 22.7. The molecule has 3 fully saturated rings. The van der Waals surface area contributed by atoms with E-state index in [2.05, 4.69) is 31.2 Å². The van der Waals surface area contributed by atoms with E-state index in [1.807, 2.05) is 18.2 Å². The van der Waals surface area contributed by atoms with Gasteiger partial charge in [-0.1, -0.05) is 30.3 Å². The Morgan fingerprint density at radius 2 is 1.66 bits per heavy atom. The summed E-state index contributed by atoms with van der Waals surface area (Å²) >= 11 is 0. The normalized spacial score (nSPS) is 27.7. The number of aryl methyl sites for hydroxylation is 1. The van der Waals surface area contributed by atoms with Crippen LogP contribution in [0.3, 0.4) is 0 Å². The molecule has 2 aromatic carbocycles. The fourth-order valence-corrected chi connectivity index (χ4v) is 8.62. The highest BCUT2D eigenvalue weighted by Gasteiger charge is 2.65. The first-order valence-corrected chi connectivity index (χ1v) is 14.6. The van der Waals surface area contributed by atoms with Crippen LogP contribution in [0, 0.1) is 6.92 Å². The van der Waals surface area contributed by atoms with Crippen molar-refractivity contribution in [2.45, 2.75) is 75.1 Å². The van der Waals surface area contributed by atoms with Crippen LogP contribution in [0.4, 0.5) is 0 Å². The van der Waals surface area contributed by atoms with Gasteiger partial charge in [0, 0.05) is 25.9 Å². The van der Waals surface area contributed by atoms with Crippen LogP contribution in [0.2, 0.25) is 0 Å². The van der Waals surface area contributed by atoms with E-state index in [0.717, 1.165) is 22.4 Å². The lowest BCUT2D eigenvalue weighted by Crippen LogP contribution is -2.55. The molecule has 206 valence electrons. The quantitative estimate of drug-likeness (QED) is 0.499. The second-order valence-electron chi connectivity index (χ2n) is 11.1. The van der Waals surface area contributed by atoms with Gasteiger partial charge >= 0.3 is 5.97 Å². The lowest BCUT2D eigenvalue weighted by atomic mass is 9.87. The molecule has 1 saturated carbocycles. The number of hydrogen-bond donors (Lipinski definition) is 0. The van der Waals surface area contributed by atoms with Crippen molar-refractivity contribution >= 4 is 16.0 Å². The van der Waals surface area contributed by atoms with Gasteiger partial charge in [-0.3, -0.25) is 4.79 Å². The Morgan fingerprint density at radius 1 is 1.00 bits per heavy atom. The van der Waals surface area contributed by atoms with E-state index in [-0.39, 0.29) is 18.8 Å². The van der Waals surface area contributed by atoms with Crippen molar-refractivity contribution in [2.24, 2.45) is 0 Å². The van der Waals surface area contributed by atoms with Crippen LogP contribution in [0.15, 0.2) is 42.5 Å². The van der Waals surface area contributed by atoms with Crippen LogP contribution in [0.5, 0.6) is 5.75 Å². The van der Waals surface area contributed by atoms with Crippen LogP contribution in [0.1, 0.15) is 56.6 Å². The summed E-state index contributed by atoms with van der Waals surface area (Å²) in [6, 6.07) is 14.5. The van der Waals surface area contributed by atoms with Gasteiger partial charge in [0.05, 0.1) is 26.4 Å². The number of rotatable bonds is 6. The number of piperidine rings is 1. The minimum absolute atomic E-state index is 0.0426. The molecule has 1 aliphatic carbocycles. The average Bonchev–Trinajstić information content (AvgIpc) is 3.39. The highest BCUT2D eigenvalue weighted by Crippen LogP contribution is 2.48. The summed E-state index contributed by atoms with van der Waals surface area (Å²) in [6.45, 7) is 6.40. The van der Waals surface area contributed by atoms with E-state index in [4.69, 9.17) is 18.9 Å². The summed E-state index contributed by atoms with van der Waals surface area (Å²) < 4.78 is 50.0. The minimum Gasteiger partial charge on any atom is -0.497 e. The number of carbonyl (C=O) groups is 1. The molecule has 0 bridgehead atoms. The van der Waals surface area contributed by atoms with Gasteiger partial charge in [0.15, 0.2) is 10.5 Å². The van der Waals surface area contributed by atoms with E-state index in [1.165, 1.54) is 17.0 Å². The summed E-state index contributed by atoms with van der Waals surface area (Å²) in [5, 5.41) is 0. The molecular formula is C29H37NO7S. The van der Waals surface area contributed by atoms with Gasteiger partial charge in [0.1, 0.15) is 5.75 Å². The molecular weight excluding hydrogens is 506 g/mol. The van der Waals surface area contributed by atoms with Gasteiger partial charge in [-0.2, -0.15) is 0 Å². The first-order valence-electron chi connectivity index (χ1n) is 13.2. The molecule has 8 nitrogen and oxygen atoms in total. The van der Waals surface area contributed by atoms with Crippen LogP contribution >= 0.6 is 0 Å². The SMILES string of the molecule is COC(=O)[C@@]1(S(=O)(=O)N2CCC(c3ccc(-c4cccc(OC)c4)c(C)c3)CC2)C[C@@H]2OC(C)(C)O[C@@H]2C1. The number of methoxy groups -OCH3 is 2. The Bertz CT molecular complexity index is 1300. The van der Waals surface area contributed by atoms with Crippen molar-refractivity contribution in [3.8, 4) is 16.9 Å². The Hall–Kier alpha value is -2.46. The Balaban J connectivity index is 1.31. The zero-order chi connectivity index (χ0) is 27.3. The van der Waals surface area contributed by atoms with E-state index < -0.39 is 38.7 Å². The second-order valence-corrected chi connectivity index (χ2v) is 13.3. The van der Waals surface area contributed by atoms with Crippen LogP contribution < -0.4 is 4.74 Å².